The van der Waals surface area contributed by atoms with E-state index in [1.807, 2.05) is 13.8 Å². The Morgan fingerprint density at radius 1 is 1.05 bits per heavy atom. The molecule has 0 heterocycles. The van der Waals surface area contributed by atoms with Gasteiger partial charge in [0.1, 0.15) is 0 Å². The molecule has 0 aliphatic rings. The minimum absolute atomic E-state index is 0.169. The summed E-state index contributed by atoms with van der Waals surface area (Å²) in [6, 6.07) is 0. The molecule has 116 valence electrons. The number of carbonyl (C=O) groups excluding carboxylic acids is 2. The van der Waals surface area contributed by atoms with E-state index in [0.717, 1.165) is 12.2 Å². The Balaban J connectivity index is 0. The molecule has 0 saturated carbocycles. The molecule has 0 saturated heterocycles. The van der Waals surface area contributed by atoms with E-state index >= 15 is 0 Å². The summed E-state index contributed by atoms with van der Waals surface area (Å²) in [7, 11) is -4.64. The summed E-state index contributed by atoms with van der Waals surface area (Å²) in [5.41, 5.74) is -0.419. The van der Waals surface area contributed by atoms with Crippen molar-refractivity contribution in [1.82, 2.24) is 0 Å². The second-order valence-electron chi connectivity index (χ2n) is 4.30. The van der Waals surface area contributed by atoms with Crippen molar-refractivity contribution in [2.75, 3.05) is 13.2 Å². The molecule has 0 spiro atoms. The number of hydrogen-bond donors (Lipinski definition) is 3. The second-order valence-corrected chi connectivity index (χ2v) is 5.33. The molecule has 20 heavy (non-hydrogen) atoms. The highest BCUT2D eigenvalue weighted by Crippen LogP contribution is 2.25. The van der Waals surface area contributed by atoms with E-state index in [1.165, 1.54) is 0 Å². The highest BCUT2D eigenvalue weighted by Gasteiger charge is 2.21. The predicted octanol–water partition coefficient (Wildman–Crippen LogP) is 0.542. The normalized spacial score (nSPS) is 10.7. The Kier molecular flexibility index (Phi) is 9.83. The third kappa shape index (κ3) is 18.9. The van der Waals surface area contributed by atoms with Gasteiger partial charge in [0, 0.05) is 17.6 Å². The van der Waals surface area contributed by atoms with Crippen molar-refractivity contribution in [3.63, 3.8) is 0 Å². The molecule has 0 amide bonds. The summed E-state index contributed by atoms with van der Waals surface area (Å²) in [5, 5.41) is 0. The van der Waals surface area contributed by atoms with Crippen LogP contribution in [-0.4, -0.2) is 39.8 Å². The molecular weight excluding hydrogens is 291 g/mol. The number of hydrogen-bond acceptors (Lipinski definition) is 5. The van der Waals surface area contributed by atoms with Crippen LogP contribution < -0.4 is 0 Å². The van der Waals surface area contributed by atoms with Crippen molar-refractivity contribution in [1.29, 1.82) is 0 Å². The van der Waals surface area contributed by atoms with Gasteiger partial charge in [0.25, 0.3) is 0 Å². The minimum atomic E-state index is -4.64. The Morgan fingerprint density at radius 2 is 1.30 bits per heavy atom. The summed E-state index contributed by atoms with van der Waals surface area (Å²) < 4.78 is 18.6. The van der Waals surface area contributed by atoms with E-state index in [-0.39, 0.29) is 13.2 Å². The van der Waals surface area contributed by atoms with Crippen LogP contribution in [0.4, 0.5) is 0 Å². The molecule has 8 nitrogen and oxygen atoms in total. The van der Waals surface area contributed by atoms with Crippen LogP contribution in [0.2, 0.25) is 0 Å². The van der Waals surface area contributed by atoms with Crippen molar-refractivity contribution in [3.05, 3.63) is 25.3 Å². The first-order chi connectivity index (χ1) is 8.91. The van der Waals surface area contributed by atoms with Gasteiger partial charge in [-0.3, -0.25) is 0 Å². The molecule has 0 rings (SSSR count). The zero-order valence-corrected chi connectivity index (χ0v) is 12.2. The van der Waals surface area contributed by atoms with Crippen molar-refractivity contribution >= 4 is 19.8 Å². The maximum absolute atomic E-state index is 10.8. The Morgan fingerprint density at radius 3 is 1.50 bits per heavy atom. The largest absolute Gasteiger partial charge is 0.466 e. The minimum Gasteiger partial charge on any atom is -0.462 e. The molecule has 0 unspecified atom stereocenters. The molecule has 0 aliphatic heterocycles. The molecule has 9 heteroatoms. The van der Waals surface area contributed by atoms with Crippen molar-refractivity contribution in [2.45, 2.75) is 13.8 Å². The van der Waals surface area contributed by atoms with E-state index in [9.17, 15) is 9.59 Å². The first-order valence-electron chi connectivity index (χ1n) is 5.28. The number of rotatable bonds is 6. The second kappa shape index (κ2) is 9.44. The van der Waals surface area contributed by atoms with E-state index in [2.05, 4.69) is 13.2 Å². The van der Waals surface area contributed by atoms with Gasteiger partial charge in [-0.1, -0.05) is 27.0 Å². The molecule has 3 N–H and O–H groups in total. The van der Waals surface area contributed by atoms with Crippen LogP contribution in [0.5, 0.6) is 0 Å². The maximum Gasteiger partial charge on any atom is 0.466 e. The van der Waals surface area contributed by atoms with E-state index in [1.54, 1.807) is 0 Å². The summed E-state index contributed by atoms with van der Waals surface area (Å²) >= 11 is 0. The topological polar surface area (TPSA) is 130 Å². The number of ether oxygens (including phenoxy) is 2. The van der Waals surface area contributed by atoms with Crippen molar-refractivity contribution in [3.8, 4) is 0 Å². The molecule has 0 aromatic carbocycles. The smallest absolute Gasteiger partial charge is 0.462 e. The number of esters is 2. The SMILES string of the molecule is C=CC(=O)OCC(C)(C)COC(=O)C=C.O=P(O)(O)O. The number of carbonyl (C=O) groups is 2. The fourth-order valence-corrected chi connectivity index (χ4v) is 0.693. The van der Waals surface area contributed by atoms with Crippen molar-refractivity contribution in [2.24, 2.45) is 5.41 Å². The first-order valence-corrected chi connectivity index (χ1v) is 6.84. The van der Waals surface area contributed by atoms with Gasteiger partial charge < -0.3 is 24.2 Å². The highest BCUT2D eigenvalue weighted by molar-refractivity contribution is 7.45. The van der Waals surface area contributed by atoms with Crippen LogP contribution in [0.3, 0.4) is 0 Å². The summed E-state index contributed by atoms with van der Waals surface area (Å²) in [4.78, 5) is 43.1. The fraction of sp³-hybridized carbons (Fsp3) is 0.455. The van der Waals surface area contributed by atoms with Gasteiger partial charge in [0.15, 0.2) is 0 Å². The molecule has 0 bridgehead atoms. The Bertz CT molecular complexity index is 361. The van der Waals surface area contributed by atoms with Gasteiger partial charge in [0.2, 0.25) is 0 Å². The van der Waals surface area contributed by atoms with Crippen LogP contribution in [-0.2, 0) is 23.6 Å². The van der Waals surface area contributed by atoms with Crippen LogP contribution in [0.15, 0.2) is 25.3 Å². The lowest BCUT2D eigenvalue weighted by Gasteiger charge is -2.22. The maximum atomic E-state index is 10.8. The Labute approximate surface area is 116 Å². The standard InChI is InChI=1S/C11H16O4.H3O4P/c1-5-9(12)14-7-11(3,4)8-15-10(13)6-2;1-5(2,3)4/h5-6H,1-2,7-8H2,3-4H3;(H3,1,2,3,4). The van der Waals surface area contributed by atoms with E-state index in [0.29, 0.717) is 0 Å². The van der Waals surface area contributed by atoms with Gasteiger partial charge in [-0.15, -0.1) is 0 Å². The zero-order valence-electron chi connectivity index (χ0n) is 11.3. The van der Waals surface area contributed by atoms with Gasteiger partial charge in [-0.05, 0) is 0 Å². The van der Waals surface area contributed by atoms with Gasteiger partial charge in [0.05, 0.1) is 13.2 Å². The number of phosphoric acid groups is 1. The summed E-state index contributed by atoms with van der Waals surface area (Å²) in [6.07, 6.45) is 2.18. The molecule has 0 aromatic heterocycles. The molecule has 0 aromatic rings. The van der Waals surface area contributed by atoms with E-state index < -0.39 is 25.2 Å². The highest BCUT2D eigenvalue weighted by atomic mass is 31.2. The molecule has 0 radical (unpaired) electrons. The zero-order chi connectivity index (χ0) is 16.4. The molecular formula is C11H19O8P. The molecule has 0 fully saturated rings. The lowest BCUT2D eigenvalue weighted by molar-refractivity contribution is -0.146. The third-order valence-corrected chi connectivity index (χ3v) is 1.54. The quantitative estimate of drug-likeness (QED) is 0.368. The summed E-state index contributed by atoms with van der Waals surface area (Å²) in [6.45, 7) is 10.5. The van der Waals surface area contributed by atoms with Crippen LogP contribution >= 0.6 is 7.82 Å². The van der Waals surface area contributed by atoms with Gasteiger partial charge in [-0.25, -0.2) is 14.2 Å². The average molecular weight is 310 g/mol. The van der Waals surface area contributed by atoms with Crippen molar-refractivity contribution < 1.29 is 38.3 Å². The Hall–Kier alpha value is -1.47. The van der Waals surface area contributed by atoms with Gasteiger partial charge >= 0.3 is 19.8 Å². The average Bonchev–Trinajstić information content (AvgIpc) is 2.31. The lowest BCUT2D eigenvalue weighted by Crippen LogP contribution is -2.27. The van der Waals surface area contributed by atoms with Crippen LogP contribution in [0, 0.1) is 5.41 Å². The monoisotopic (exact) mass is 310 g/mol. The van der Waals surface area contributed by atoms with Crippen LogP contribution in [0.25, 0.3) is 0 Å². The lowest BCUT2D eigenvalue weighted by atomic mass is 9.96. The molecule has 0 aliphatic carbocycles. The van der Waals surface area contributed by atoms with E-state index in [4.69, 9.17) is 28.7 Å². The molecule has 0 atom stereocenters. The third-order valence-electron chi connectivity index (χ3n) is 1.54. The van der Waals surface area contributed by atoms with Gasteiger partial charge in [-0.2, -0.15) is 0 Å². The summed E-state index contributed by atoms with van der Waals surface area (Å²) in [5.74, 6) is -0.976. The van der Waals surface area contributed by atoms with Crippen LogP contribution in [0.1, 0.15) is 13.8 Å². The first kappa shape index (κ1) is 20.8. The fourth-order valence-electron chi connectivity index (χ4n) is 0.693. The predicted molar refractivity (Wildman–Crippen MR) is 70.4 cm³/mol.